The molecule has 0 unspecified atom stereocenters. The van der Waals surface area contributed by atoms with Crippen LogP contribution in [0.25, 0.3) is 11.1 Å². The molecule has 0 aliphatic carbocycles. The van der Waals surface area contributed by atoms with Crippen molar-refractivity contribution in [2.45, 2.75) is 17.7 Å². The number of nitrogens with zero attached hydrogens (tertiary/aromatic N) is 1. The zero-order valence-electron chi connectivity index (χ0n) is 17.2. The van der Waals surface area contributed by atoms with Crippen molar-refractivity contribution in [3.63, 3.8) is 0 Å². The number of hydrogen-bond donors (Lipinski definition) is 1. The molecule has 1 amide bonds. The van der Waals surface area contributed by atoms with Gasteiger partial charge in [-0.25, -0.2) is 8.42 Å². The number of carbonyl (C=O) groups is 1. The van der Waals surface area contributed by atoms with Gasteiger partial charge in [0.25, 0.3) is 10.0 Å². The molecule has 1 aliphatic rings. The van der Waals surface area contributed by atoms with Crippen LogP contribution in [0.2, 0.25) is 0 Å². The van der Waals surface area contributed by atoms with Crippen LogP contribution in [0.5, 0.6) is 5.75 Å². The Morgan fingerprint density at radius 1 is 0.935 bits per heavy atom. The van der Waals surface area contributed by atoms with E-state index in [2.05, 4.69) is 5.32 Å². The summed E-state index contributed by atoms with van der Waals surface area (Å²) in [5.41, 5.74) is 3.14. The summed E-state index contributed by atoms with van der Waals surface area (Å²) in [6.45, 7) is 0.215. The van der Waals surface area contributed by atoms with Gasteiger partial charge in [0.15, 0.2) is 0 Å². The van der Waals surface area contributed by atoms with E-state index in [0.717, 1.165) is 29.7 Å². The summed E-state index contributed by atoms with van der Waals surface area (Å²) < 4.78 is 32.8. The number of para-hydroxylation sites is 1. The second-order valence-corrected chi connectivity index (χ2v) is 9.16. The van der Waals surface area contributed by atoms with Gasteiger partial charge in [-0.1, -0.05) is 48.5 Å². The largest absolute Gasteiger partial charge is 0.497 e. The predicted octanol–water partition coefficient (Wildman–Crippen LogP) is 3.62. The van der Waals surface area contributed by atoms with E-state index in [4.69, 9.17) is 4.74 Å². The molecule has 3 aromatic rings. The van der Waals surface area contributed by atoms with Crippen molar-refractivity contribution in [1.29, 1.82) is 0 Å². The van der Waals surface area contributed by atoms with Gasteiger partial charge in [0.1, 0.15) is 12.3 Å². The van der Waals surface area contributed by atoms with Crippen molar-refractivity contribution in [3.8, 4) is 16.9 Å². The average Bonchev–Trinajstić information content (AvgIpc) is 2.80. The monoisotopic (exact) mass is 436 g/mol. The number of ether oxygens (including phenoxy) is 1. The quantitative estimate of drug-likeness (QED) is 0.574. The summed E-state index contributed by atoms with van der Waals surface area (Å²) in [7, 11) is -2.18. The number of rotatable bonds is 7. The summed E-state index contributed by atoms with van der Waals surface area (Å²) >= 11 is 0. The Bertz CT molecular complexity index is 1190. The SMILES string of the molecule is COc1ccc(CCCNC(=O)CN2c3ccccc3-c3ccccc3S2(=O)=O)cc1. The van der Waals surface area contributed by atoms with Crippen molar-refractivity contribution in [1.82, 2.24) is 5.32 Å². The van der Waals surface area contributed by atoms with Gasteiger partial charge in [-0.2, -0.15) is 0 Å². The molecule has 3 aromatic carbocycles. The van der Waals surface area contributed by atoms with Gasteiger partial charge in [0.2, 0.25) is 5.91 Å². The van der Waals surface area contributed by atoms with Gasteiger partial charge < -0.3 is 10.1 Å². The highest BCUT2D eigenvalue weighted by Crippen LogP contribution is 2.42. The lowest BCUT2D eigenvalue weighted by atomic mass is 10.0. The van der Waals surface area contributed by atoms with E-state index in [1.165, 1.54) is 4.31 Å². The highest BCUT2D eigenvalue weighted by Gasteiger charge is 2.35. The maximum absolute atomic E-state index is 13.2. The molecule has 1 N–H and O–H groups in total. The Morgan fingerprint density at radius 2 is 1.61 bits per heavy atom. The number of sulfonamides is 1. The third-order valence-corrected chi connectivity index (χ3v) is 7.15. The van der Waals surface area contributed by atoms with Crippen molar-refractivity contribution < 1.29 is 17.9 Å². The van der Waals surface area contributed by atoms with E-state index in [0.29, 0.717) is 17.8 Å². The van der Waals surface area contributed by atoms with Crippen molar-refractivity contribution >= 4 is 21.6 Å². The van der Waals surface area contributed by atoms with E-state index < -0.39 is 10.0 Å². The number of amides is 1. The average molecular weight is 437 g/mol. The molecule has 0 fully saturated rings. The molecule has 1 aliphatic heterocycles. The van der Waals surface area contributed by atoms with Crippen LogP contribution in [0.15, 0.2) is 77.7 Å². The first kappa shape index (κ1) is 20.9. The van der Waals surface area contributed by atoms with Crippen LogP contribution in [-0.4, -0.2) is 34.5 Å². The van der Waals surface area contributed by atoms with Crippen LogP contribution >= 0.6 is 0 Å². The lowest BCUT2D eigenvalue weighted by Crippen LogP contribution is -2.42. The first-order valence-electron chi connectivity index (χ1n) is 10.1. The topological polar surface area (TPSA) is 75.7 Å². The van der Waals surface area contributed by atoms with Crippen LogP contribution in [0.4, 0.5) is 5.69 Å². The number of carbonyl (C=O) groups excluding carboxylic acids is 1. The highest BCUT2D eigenvalue weighted by atomic mass is 32.2. The van der Waals surface area contributed by atoms with E-state index >= 15 is 0 Å². The lowest BCUT2D eigenvalue weighted by Gasteiger charge is -2.31. The summed E-state index contributed by atoms with van der Waals surface area (Å²) in [6.07, 6.45) is 1.56. The van der Waals surface area contributed by atoms with Crippen molar-refractivity contribution in [2.75, 3.05) is 24.5 Å². The fourth-order valence-corrected chi connectivity index (χ4v) is 5.40. The standard InChI is InChI=1S/C24H24N2O4S/c1-30-19-14-12-18(13-15-19)7-6-16-25-24(27)17-26-22-10-4-2-8-20(22)21-9-3-5-11-23(21)31(26,28)29/h2-5,8-15H,6-7,16-17H2,1H3,(H,25,27). The number of anilines is 1. The number of aryl methyl sites for hydroxylation is 1. The number of methoxy groups -OCH3 is 1. The molecule has 7 heteroatoms. The Hall–Kier alpha value is -3.32. The Morgan fingerprint density at radius 3 is 2.35 bits per heavy atom. The summed E-state index contributed by atoms with van der Waals surface area (Å²) in [6, 6.07) is 22.0. The Balaban J connectivity index is 1.42. The maximum Gasteiger partial charge on any atom is 0.265 e. The molecule has 1 heterocycles. The van der Waals surface area contributed by atoms with Gasteiger partial charge in [0, 0.05) is 17.7 Å². The van der Waals surface area contributed by atoms with Crippen LogP contribution < -0.4 is 14.4 Å². The molecule has 0 saturated heterocycles. The number of fused-ring (bicyclic) bond motifs is 3. The van der Waals surface area contributed by atoms with Crippen molar-refractivity contribution in [3.05, 3.63) is 78.4 Å². The predicted molar refractivity (Wildman–Crippen MR) is 121 cm³/mol. The molecule has 0 aromatic heterocycles. The first-order chi connectivity index (χ1) is 15.0. The summed E-state index contributed by atoms with van der Waals surface area (Å²) in [5, 5.41) is 2.85. The molecule has 0 radical (unpaired) electrons. The highest BCUT2D eigenvalue weighted by molar-refractivity contribution is 7.93. The molecular weight excluding hydrogens is 412 g/mol. The summed E-state index contributed by atoms with van der Waals surface area (Å²) in [4.78, 5) is 12.8. The molecule has 0 bridgehead atoms. The number of benzene rings is 3. The first-order valence-corrected chi connectivity index (χ1v) is 11.6. The van der Waals surface area contributed by atoms with E-state index in [1.54, 1.807) is 37.4 Å². The molecular formula is C24H24N2O4S. The smallest absolute Gasteiger partial charge is 0.265 e. The fraction of sp³-hybridized carbons (Fsp3) is 0.208. The van der Waals surface area contributed by atoms with Gasteiger partial charge in [0.05, 0.1) is 17.7 Å². The zero-order valence-corrected chi connectivity index (χ0v) is 18.1. The normalized spacial score (nSPS) is 13.8. The van der Waals surface area contributed by atoms with Gasteiger partial charge in [-0.15, -0.1) is 0 Å². The van der Waals surface area contributed by atoms with E-state index in [-0.39, 0.29) is 17.3 Å². The minimum Gasteiger partial charge on any atom is -0.497 e. The molecule has 0 spiro atoms. The molecule has 31 heavy (non-hydrogen) atoms. The lowest BCUT2D eigenvalue weighted by molar-refractivity contribution is -0.119. The zero-order chi connectivity index (χ0) is 21.8. The van der Waals surface area contributed by atoms with Crippen LogP contribution in [0.1, 0.15) is 12.0 Å². The van der Waals surface area contributed by atoms with Gasteiger partial charge in [-0.3, -0.25) is 9.10 Å². The Kier molecular flexibility index (Phi) is 5.95. The number of nitrogens with one attached hydrogen (secondary N) is 1. The third kappa shape index (κ3) is 4.27. The maximum atomic E-state index is 13.2. The van der Waals surface area contributed by atoms with Crippen LogP contribution in [0, 0.1) is 0 Å². The molecule has 160 valence electrons. The van der Waals surface area contributed by atoms with Gasteiger partial charge >= 0.3 is 0 Å². The second-order valence-electron chi connectivity index (χ2n) is 7.33. The molecule has 6 nitrogen and oxygen atoms in total. The van der Waals surface area contributed by atoms with E-state index in [1.807, 2.05) is 42.5 Å². The Labute approximate surface area is 182 Å². The van der Waals surface area contributed by atoms with E-state index in [9.17, 15) is 13.2 Å². The second kappa shape index (κ2) is 8.81. The number of hydrogen-bond acceptors (Lipinski definition) is 4. The van der Waals surface area contributed by atoms with Crippen molar-refractivity contribution in [2.24, 2.45) is 0 Å². The van der Waals surface area contributed by atoms with Crippen LogP contribution in [-0.2, 0) is 21.2 Å². The fourth-order valence-electron chi connectivity index (χ4n) is 3.75. The third-order valence-electron chi connectivity index (χ3n) is 5.33. The molecule has 4 rings (SSSR count). The molecule has 0 atom stereocenters. The molecule has 0 saturated carbocycles. The minimum atomic E-state index is -3.81. The van der Waals surface area contributed by atoms with Crippen LogP contribution in [0.3, 0.4) is 0 Å². The van der Waals surface area contributed by atoms with Gasteiger partial charge in [-0.05, 0) is 42.7 Å². The summed E-state index contributed by atoms with van der Waals surface area (Å²) in [5.74, 6) is 0.481. The minimum absolute atomic E-state index is 0.223.